The van der Waals surface area contributed by atoms with Gasteiger partial charge < -0.3 is 9.84 Å². The van der Waals surface area contributed by atoms with Crippen molar-refractivity contribution in [3.63, 3.8) is 0 Å². The topological polar surface area (TPSA) is 63.6 Å². The standard InChI is InChI=1S/C30H40O4/c1-18-19-8-9-22-28(4,20(19)16-21(31)24(18)32)13-15-30(6)23-17-27(3,25(33)34-7)11-10-26(23,2)12-14-29(22,30)5/h8-9,16,23,32H,10-15,17H2,1-7H3/t23?,26-,27+,28+,29-,30-/m0/s1. The molecule has 4 nitrogen and oxygen atoms in total. The van der Waals surface area contributed by atoms with Gasteiger partial charge in [0, 0.05) is 11.0 Å². The fourth-order valence-corrected chi connectivity index (χ4v) is 8.89. The van der Waals surface area contributed by atoms with Crippen molar-refractivity contribution in [2.45, 2.75) is 86.5 Å². The summed E-state index contributed by atoms with van der Waals surface area (Å²) in [6.45, 7) is 13.7. The van der Waals surface area contributed by atoms with Gasteiger partial charge in [0.2, 0.25) is 5.78 Å². The second-order valence-corrected chi connectivity index (χ2v) is 13.1. The Labute approximate surface area is 204 Å². The number of allylic oxidation sites excluding steroid dienone is 7. The van der Waals surface area contributed by atoms with E-state index < -0.39 is 5.41 Å². The van der Waals surface area contributed by atoms with Crippen LogP contribution in [-0.2, 0) is 14.3 Å². The number of hydrogen-bond acceptors (Lipinski definition) is 4. The third-order valence-electron chi connectivity index (χ3n) is 11.6. The van der Waals surface area contributed by atoms with Crippen LogP contribution in [0.1, 0.15) is 86.5 Å². The highest BCUT2D eigenvalue weighted by molar-refractivity contribution is 6.06. The van der Waals surface area contributed by atoms with E-state index in [1.165, 1.54) is 12.7 Å². The molecule has 0 amide bonds. The van der Waals surface area contributed by atoms with Crippen LogP contribution in [0.15, 0.2) is 46.3 Å². The first kappa shape index (κ1) is 23.6. The third-order valence-corrected chi connectivity index (χ3v) is 11.6. The molecule has 0 saturated heterocycles. The highest BCUT2D eigenvalue weighted by Gasteiger charge is 2.67. The van der Waals surface area contributed by atoms with Crippen molar-refractivity contribution < 1.29 is 19.4 Å². The quantitative estimate of drug-likeness (QED) is 0.434. The number of hydrogen-bond donors (Lipinski definition) is 1. The van der Waals surface area contributed by atoms with Gasteiger partial charge in [-0.3, -0.25) is 9.59 Å². The van der Waals surface area contributed by atoms with Crippen LogP contribution in [0.2, 0.25) is 0 Å². The second kappa shape index (κ2) is 6.98. The summed E-state index contributed by atoms with van der Waals surface area (Å²) in [6.07, 6.45) is 13.3. The fourth-order valence-electron chi connectivity index (χ4n) is 8.89. The molecule has 0 bridgehead atoms. The Balaban J connectivity index is 1.63. The summed E-state index contributed by atoms with van der Waals surface area (Å²) < 4.78 is 5.27. The van der Waals surface area contributed by atoms with Gasteiger partial charge >= 0.3 is 5.97 Å². The van der Waals surface area contributed by atoms with Gasteiger partial charge in [0.1, 0.15) is 0 Å². The monoisotopic (exact) mass is 464 g/mol. The number of ether oxygens (including phenoxy) is 1. The fraction of sp³-hybridized carbons (Fsp3) is 0.667. The molecule has 4 heteroatoms. The predicted octanol–water partition coefficient (Wildman–Crippen LogP) is 6.79. The Morgan fingerprint density at radius 3 is 2.35 bits per heavy atom. The molecule has 5 rings (SSSR count). The predicted molar refractivity (Wildman–Crippen MR) is 133 cm³/mol. The van der Waals surface area contributed by atoms with Gasteiger partial charge in [0.15, 0.2) is 5.76 Å². The average molecular weight is 465 g/mol. The lowest BCUT2D eigenvalue weighted by molar-refractivity contribution is -0.180. The second-order valence-electron chi connectivity index (χ2n) is 13.1. The Kier molecular flexibility index (Phi) is 4.85. The minimum absolute atomic E-state index is 0.0262. The van der Waals surface area contributed by atoms with E-state index in [-0.39, 0.29) is 39.2 Å². The molecule has 0 aromatic carbocycles. The highest BCUT2D eigenvalue weighted by Crippen LogP contribution is 2.75. The first-order chi connectivity index (χ1) is 15.8. The molecule has 0 spiro atoms. The zero-order chi connectivity index (χ0) is 24.9. The molecule has 6 atom stereocenters. The minimum atomic E-state index is -0.424. The van der Waals surface area contributed by atoms with Crippen LogP contribution in [-0.4, -0.2) is 24.0 Å². The van der Waals surface area contributed by atoms with Crippen molar-refractivity contribution in [3.8, 4) is 0 Å². The van der Waals surface area contributed by atoms with Crippen molar-refractivity contribution >= 4 is 11.8 Å². The molecule has 184 valence electrons. The normalized spacial score (nSPS) is 45.7. The van der Waals surface area contributed by atoms with Crippen molar-refractivity contribution in [1.82, 2.24) is 0 Å². The maximum absolute atomic E-state index is 12.8. The van der Waals surface area contributed by atoms with Gasteiger partial charge in [-0.15, -0.1) is 0 Å². The van der Waals surface area contributed by atoms with Crippen LogP contribution in [0.3, 0.4) is 0 Å². The maximum atomic E-state index is 12.8. The van der Waals surface area contributed by atoms with Gasteiger partial charge in [-0.25, -0.2) is 0 Å². The molecule has 0 heterocycles. The number of esters is 1. The Bertz CT molecular complexity index is 1120. The van der Waals surface area contributed by atoms with Crippen molar-refractivity contribution in [2.75, 3.05) is 7.11 Å². The molecule has 34 heavy (non-hydrogen) atoms. The molecule has 5 aliphatic rings. The number of rotatable bonds is 1. The van der Waals surface area contributed by atoms with Crippen molar-refractivity contribution in [2.24, 2.45) is 33.0 Å². The zero-order valence-corrected chi connectivity index (χ0v) is 21.9. The molecule has 0 radical (unpaired) electrons. The van der Waals surface area contributed by atoms with Gasteiger partial charge in [-0.05, 0) is 98.2 Å². The lowest BCUT2D eigenvalue weighted by Gasteiger charge is -2.70. The summed E-state index contributed by atoms with van der Waals surface area (Å²) in [5.74, 6) is -0.0356. The summed E-state index contributed by atoms with van der Waals surface area (Å²) in [5, 5.41) is 10.3. The van der Waals surface area contributed by atoms with E-state index in [2.05, 4.69) is 46.8 Å². The number of aliphatic hydroxyl groups is 1. The average Bonchev–Trinajstić information content (AvgIpc) is 2.80. The smallest absolute Gasteiger partial charge is 0.311 e. The molecule has 0 aliphatic heterocycles. The van der Waals surface area contributed by atoms with Gasteiger partial charge in [0.25, 0.3) is 0 Å². The first-order valence-corrected chi connectivity index (χ1v) is 12.9. The number of aliphatic hydroxyl groups excluding tert-OH is 1. The summed E-state index contributed by atoms with van der Waals surface area (Å²) >= 11 is 0. The van der Waals surface area contributed by atoms with Crippen LogP contribution in [0.25, 0.3) is 0 Å². The number of ketones is 1. The summed E-state index contributed by atoms with van der Waals surface area (Å²) in [4.78, 5) is 25.5. The largest absolute Gasteiger partial charge is 0.504 e. The van der Waals surface area contributed by atoms with Crippen molar-refractivity contribution in [1.29, 1.82) is 0 Å². The lowest BCUT2D eigenvalue weighted by atomic mass is 9.34. The molecule has 0 aromatic heterocycles. The van der Waals surface area contributed by atoms with E-state index >= 15 is 0 Å². The molecule has 1 N–H and O–H groups in total. The molecule has 1 unspecified atom stereocenters. The van der Waals surface area contributed by atoms with Crippen LogP contribution in [0, 0.1) is 33.0 Å². The molecular weight excluding hydrogens is 424 g/mol. The summed E-state index contributed by atoms with van der Waals surface area (Å²) in [5.41, 5.74) is 3.82. The Morgan fingerprint density at radius 1 is 1.00 bits per heavy atom. The van der Waals surface area contributed by atoms with Crippen LogP contribution in [0.5, 0.6) is 0 Å². The van der Waals surface area contributed by atoms with Crippen LogP contribution in [0.4, 0.5) is 0 Å². The van der Waals surface area contributed by atoms with E-state index in [4.69, 9.17) is 4.74 Å². The number of carbonyl (C=O) groups is 2. The summed E-state index contributed by atoms with van der Waals surface area (Å²) in [7, 11) is 1.52. The maximum Gasteiger partial charge on any atom is 0.311 e. The SMILES string of the molecule is COC(=O)[C@]1(C)CC[C@@]2(C)CC[C@@]3(C)C4=CC=C5C(=CC(=O)C(O)=C5C)[C@@]4(C)CC[C@@]3(C)C2C1. The zero-order valence-electron chi connectivity index (χ0n) is 21.9. The van der Waals surface area contributed by atoms with E-state index in [1.54, 1.807) is 6.08 Å². The number of carbonyl (C=O) groups excluding carboxylic acids is 2. The highest BCUT2D eigenvalue weighted by atomic mass is 16.5. The van der Waals surface area contributed by atoms with E-state index in [1.807, 2.05) is 6.92 Å². The lowest BCUT2D eigenvalue weighted by Crippen LogP contribution is -2.62. The minimum Gasteiger partial charge on any atom is -0.504 e. The number of methoxy groups -OCH3 is 1. The third kappa shape index (κ3) is 2.72. The molecular formula is C30H40O4. The van der Waals surface area contributed by atoms with Crippen molar-refractivity contribution in [3.05, 3.63) is 46.3 Å². The summed E-state index contributed by atoms with van der Waals surface area (Å²) in [6, 6.07) is 0. The van der Waals surface area contributed by atoms with Crippen LogP contribution >= 0.6 is 0 Å². The van der Waals surface area contributed by atoms with E-state index in [9.17, 15) is 14.7 Å². The van der Waals surface area contributed by atoms with Crippen LogP contribution < -0.4 is 0 Å². The molecule has 3 saturated carbocycles. The van der Waals surface area contributed by atoms with Gasteiger partial charge in [-0.1, -0.05) is 45.4 Å². The Hall–Kier alpha value is -2.10. The number of fused-ring (bicyclic) bond motifs is 7. The van der Waals surface area contributed by atoms with Gasteiger partial charge in [0.05, 0.1) is 12.5 Å². The van der Waals surface area contributed by atoms with E-state index in [0.717, 1.165) is 56.1 Å². The molecule has 3 fully saturated rings. The molecule has 0 aromatic rings. The first-order valence-electron chi connectivity index (χ1n) is 12.9. The van der Waals surface area contributed by atoms with Gasteiger partial charge in [-0.2, -0.15) is 0 Å². The Morgan fingerprint density at radius 2 is 1.68 bits per heavy atom. The molecule has 5 aliphatic carbocycles. The van der Waals surface area contributed by atoms with E-state index in [0.29, 0.717) is 11.5 Å².